The smallest absolute Gasteiger partial charge is 0.340 e. The molecule has 5 nitrogen and oxygen atoms in total. The number of nitrogens with one attached hydrogen (secondary N) is 1. The molecule has 0 unspecified atom stereocenters. The largest absolute Gasteiger partial charge is 0.462 e. The van der Waals surface area contributed by atoms with Gasteiger partial charge in [0.05, 0.1) is 24.1 Å². The van der Waals surface area contributed by atoms with Crippen molar-refractivity contribution < 1.29 is 13.9 Å². The minimum absolute atomic E-state index is 0.239. The van der Waals surface area contributed by atoms with Gasteiger partial charge in [-0.15, -0.1) is 0 Å². The average Bonchev–Trinajstić information content (AvgIpc) is 2.48. The number of carbonyl (C=O) groups excluding carboxylic acids is 1. The van der Waals surface area contributed by atoms with E-state index in [0.29, 0.717) is 11.4 Å². The van der Waals surface area contributed by atoms with Gasteiger partial charge in [-0.1, -0.05) is 18.2 Å². The van der Waals surface area contributed by atoms with Crippen molar-refractivity contribution in [3.8, 4) is 0 Å². The number of anilines is 2. The summed E-state index contributed by atoms with van der Waals surface area (Å²) >= 11 is 0. The number of rotatable bonds is 5. The second-order valence-corrected chi connectivity index (χ2v) is 4.32. The van der Waals surface area contributed by atoms with Crippen molar-refractivity contribution in [1.29, 1.82) is 0 Å². The molecule has 0 amide bonds. The molecule has 1 aromatic heterocycles. The molecular weight excluding hydrogens is 273 g/mol. The molecular formula is C15H16FN3O2. The van der Waals surface area contributed by atoms with Crippen molar-refractivity contribution in [1.82, 2.24) is 4.98 Å². The van der Waals surface area contributed by atoms with Gasteiger partial charge in [-0.25, -0.2) is 14.2 Å². The molecule has 6 heteroatoms. The SMILES string of the molecule is CCOC(=O)c1cc(NCc2ccccc2F)ncc1N. The van der Waals surface area contributed by atoms with Gasteiger partial charge in [0.1, 0.15) is 11.6 Å². The maximum atomic E-state index is 13.5. The number of esters is 1. The van der Waals surface area contributed by atoms with E-state index in [0.717, 1.165) is 0 Å². The van der Waals surface area contributed by atoms with Gasteiger partial charge in [0.25, 0.3) is 0 Å². The van der Waals surface area contributed by atoms with Crippen molar-refractivity contribution in [2.24, 2.45) is 0 Å². The van der Waals surface area contributed by atoms with Gasteiger partial charge >= 0.3 is 5.97 Å². The highest BCUT2D eigenvalue weighted by Crippen LogP contribution is 2.17. The zero-order chi connectivity index (χ0) is 15.2. The van der Waals surface area contributed by atoms with Crippen molar-refractivity contribution in [2.45, 2.75) is 13.5 Å². The number of carbonyl (C=O) groups is 1. The summed E-state index contributed by atoms with van der Waals surface area (Å²) < 4.78 is 18.4. The van der Waals surface area contributed by atoms with E-state index in [1.54, 1.807) is 25.1 Å². The van der Waals surface area contributed by atoms with Crippen LogP contribution in [0.4, 0.5) is 15.9 Å². The number of ether oxygens (including phenoxy) is 1. The van der Waals surface area contributed by atoms with E-state index in [9.17, 15) is 9.18 Å². The highest BCUT2D eigenvalue weighted by Gasteiger charge is 2.12. The van der Waals surface area contributed by atoms with E-state index in [-0.39, 0.29) is 30.2 Å². The van der Waals surface area contributed by atoms with Crippen LogP contribution in [0.1, 0.15) is 22.8 Å². The van der Waals surface area contributed by atoms with Crippen LogP contribution in [-0.2, 0) is 11.3 Å². The first-order valence-corrected chi connectivity index (χ1v) is 6.51. The Bertz CT molecular complexity index is 647. The van der Waals surface area contributed by atoms with E-state index in [2.05, 4.69) is 10.3 Å². The fourth-order valence-electron chi connectivity index (χ4n) is 1.78. The van der Waals surface area contributed by atoms with Crippen LogP contribution in [0.3, 0.4) is 0 Å². The molecule has 0 fully saturated rings. The summed E-state index contributed by atoms with van der Waals surface area (Å²) in [7, 11) is 0. The number of nitrogens with two attached hydrogens (primary N) is 1. The molecule has 21 heavy (non-hydrogen) atoms. The molecule has 2 aromatic rings. The average molecular weight is 289 g/mol. The Balaban J connectivity index is 2.12. The third-order valence-electron chi connectivity index (χ3n) is 2.85. The zero-order valence-electron chi connectivity index (χ0n) is 11.6. The molecule has 1 heterocycles. The summed E-state index contributed by atoms with van der Waals surface area (Å²) in [6.45, 7) is 2.23. The van der Waals surface area contributed by atoms with Crippen LogP contribution in [0.5, 0.6) is 0 Å². The lowest BCUT2D eigenvalue weighted by molar-refractivity contribution is 0.0527. The molecule has 0 saturated heterocycles. The summed E-state index contributed by atoms with van der Waals surface area (Å²) in [6, 6.07) is 7.93. The summed E-state index contributed by atoms with van der Waals surface area (Å²) in [5, 5.41) is 2.95. The minimum Gasteiger partial charge on any atom is -0.462 e. The highest BCUT2D eigenvalue weighted by atomic mass is 19.1. The van der Waals surface area contributed by atoms with Crippen LogP contribution in [0.25, 0.3) is 0 Å². The number of nitrogens with zero attached hydrogens (tertiary/aromatic N) is 1. The Morgan fingerprint density at radius 1 is 1.43 bits per heavy atom. The van der Waals surface area contributed by atoms with Gasteiger partial charge in [0.15, 0.2) is 0 Å². The lowest BCUT2D eigenvalue weighted by Crippen LogP contribution is -2.10. The Hall–Kier alpha value is -2.63. The maximum Gasteiger partial charge on any atom is 0.340 e. The molecule has 0 aliphatic heterocycles. The molecule has 3 N–H and O–H groups in total. The van der Waals surface area contributed by atoms with Crippen LogP contribution in [0.2, 0.25) is 0 Å². The predicted molar refractivity (Wildman–Crippen MR) is 78.3 cm³/mol. The van der Waals surface area contributed by atoms with Gasteiger partial charge < -0.3 is 15.8 Å². The molecule has 2 rings (SSSR count). The predicted octanol–water partition coefficient (Wildman–Crippen LogP) is 2.59. The fourth-order valence-corrected chi connectivity index (χ4v) is 1.78. The van der Waals surface area contributed by atoms with Gasteiger partial charge in [0.2, 0.25) is 0 Å². The first kappa shape index (κ1) is 14.8. The monoisotopic (exact) mass is 289 g/mol. The Morgan fingerprint density at radius 2 is 2.19 bits per heavy atom. The van der Waals surface area contributed by atoms with Crippen LogP contribution in [-0.4, -0.2) is 17.6 Å². The first-order valence-electron chi connectivity index (χ1n) is 6.51. The Labute approximate surface area is 121 Å². The maximum absolute atomic E-state index is 13.5. The van der Waals surface area contributed by atoms with Crippen LogP contribution in [0.15, 0.2) is 36.5 Å². The van der Waals surface area contributed by atoms with Crippen LogP contribution < -0.4 is 11.1 Å². The highest BCUT2D eigenvalue weighted by molar-refractivity contribution is 5.95. The second-order valence-electron chi connectivity index (χ2n) is 4.32. The number of halogens is 1. The molecule has 0 atom stereocenters. The van der Waals surface area contributed by atoms with Gasteiger partial charge in [-0.05, 0) is 19.1 Å². The third-order valence-corrected chi connectivity index (χ3v) is 2.85. The Morgan fingerprint density at radius 3 is 2.90 bits per heavy atom. The number of aromatic nitrogens is 1. The third kappa shape index (κ3) is 3.68. The van der Waals surface area contributed by atoms with Crippen molar-refractivity contribution in [3.05, 3.63) is 53.5 Å². The molecule has 110 valence electrons. The number of hydrogen-bond donors (Lipinski definition) is 2. The van der Waals surface area contributed by atoms with Crippen LogP contribution in [0, 0.1) is 5.82 Å². The fraction of sp³-hybridized carbons (Fsp3) is 0.200. The number of pyridine rings is 1. The van der Waals surface area contributed by atoms with Gasteiger partial charge in [-0.3, -0.25) is 0 Å². The molecule has 0 saturated carbocycles. The topological polar surface area (TPSA) is 77.2 Å². The quantitative estimate of drug-likeness (QED) is 0.827. The molecule has 0 aliphatic carbocycles. The lowest BCUT2D eigenvalue weighted by Gasteiger charge is -2.09. The summed E-state index contributed by atoms with van der Waals surface area (Å²) in [4.78, 5) is 15.8. The van der Waals surface area contributed by atoms with Crippen molar-refractivity contribution in [2.75, 3.05) is 17.7 Å². The first-order chi connectivity index (χ1) is 10.1. The normalized spacial score (nSPS) is 10.2. The molecule has 0 aliphatic rings. The van der Waals surface area contributed by atoms with E-state index in [1.807, 2.05) is 0 Å². The van der Waals surface area contributed by atoms with E-state index >= 15 is 0 Å². The summed E-state index contributed by atoms with van der Waals surface area (Å²) in [6.07, 6.45) is 1.37. The number of nitrogen functional groups attached to an aromatic ring is 1. The van der Waals surface area contributed by atoms with Crippen LogP contribution >= 0.6 is 0 Å². The molecule has 0 radical (unpaired) electrons. The molecule has 0 bridgehead atoms. The van der Waals surface area contributed by atoms with Crippen molar-refractivity contribution in [3.63, 3.8) is 0 Å². The number of benzene rings is 1. The lowest BCUT2D eigenvalue weighted by atomic mass is 10.2. The van der Waals surface area contributed by atoms with E-state index in [1.165, 1.54) is 18.3 Å². The summed E-state index contributed by atoms with van der Waals surface area (Å²) in [5.74, 6) is -0.382. The van der Waals surface area contributed by atoms with E-state index in [4.69, 9.17) is 10.5 Å². The number of hydrogen-bond acceptors (Lipinski definition) is 5. The molecule has 0 spiro atoms. The van der Waals surface area contributed by atoms with Gasteiger partial charge in [-0.2, -0.15) is 0 Å². The second kappa shape index (κ2) is 6.69. The zero-order valence-corrected chi connectivity index (χ0v) is 11.6. The standard InChI is InChI=1S/C15H16FN3O2/c1-2-21-15(20)11-7-14(19-9-13(11)17)18-8-10-5-3-4-6-12(10)16/h3-7,9H,2,8,17H2,1H3,(H,18,19). The van der Waals surface area contributed by atoms with Crippen molar-refractivity contribution >= 4 is 17.5 Å². The van der Waals surface area contributed by atoms with E-state index < -0.39 is 5.97 Å². The molecule has 1 aromatic carbocycles. The minimum atomic E-state index is -0.508. The van der Waals surface area contributed by atoms with Gasteiger partial charge in [0, 0.05) is 12.1 Å². The summed E-state index contributed by atoms with van der Waals surface area (Å²) in [5.41, 5.74) is 6.69. The Kier molecular flexibility index (Phi) is 4.71.